The Morgan fingerprint density at radius 2 is 1.94 bits per heavy atom. The monoisotopic (exact) mass is 448 g/mol. The van der Waals surface area contributed by atoms with Crippen LogP contribution in [0, 0.1) is 12.7 Å². The van der Waals surface area contributed by atoms with Crippen molar-refractivity contribution in [3.63, 3.8) is 0 Å². The fourth-order valence-corrected chi connectivity index (χ4v) is 3.50. The maximum atomic E-state index is 13.5. The number of hydrogen-bond donors (Lipinski definition) is 3. The van der Waals surface area contributed by atoms with Gasteiger partial charge in [-0.1, -0.05) is 6.07 Å². The number of ether oxygens (including phenoxy) is 1. The number of aromatic hydroxyl groups is 1. The van der Waals surface area contributed by atoms with Gasteiger partial charge in [0.25, 0.3) is 5.91 Å². The number of fused-ring (bicyclic) bond motifs is 1. The molecular formula is C25H21FN2O5. The third-order valence-corrected chi connectivity index (χ3v) is 5.24. The Labute approximate surface area is 188 Å². The summed E-state index contributed by atoms with van der Waals surface area (Å²) in [6.45, 7) is 1.96. The molecule has 7 nitrogen and oxygen atoms in total. The van der Waals surface area contributed by atoms with Crippen LogP contribution in [0.25, 0.3) is 11.0 Å². The maximum absolute atomic E-state index is 13.5. The summed E-state index contributed by atoms with van der Waals surface area (Å²) in [5.74, 6) is -0.508. The number of phenols is 1. The van der Waals surface area contributed by atoms with Crippen LogP contribution >= 0.6 is 0 Å². The van der Waals surface area contributed by atoms with E-state index in [0.717, 1.165) is 6.07 Å². The number of halogens is 1. The molecule has 0 unspecified atom stereocenters. The molecule has 0 aliphatic carbocycles. The second-order valence-electron chi connectivity index (χ2n) is 7.41. The summed E-state index contributed by atoms with van der Waals surface area (Å²) in [6, 6.07) is 15.1. The lowest BCUT2D eigenvalue weighted by atomic mass is 10.1. The number of methoxy groups -OCH3 is 1. The molecule has 0 saturated carbocycles. The third kappa shape index (κ3) is 4.64. The first-order chi connectivity index (χ1) is 15.9. The topological polar surface area (TPSA) is 101 Å². The predicted molar refractivity (Wildman–Crippen MR) is 124 cm³/mol. The van der Waals surface area contributed by atoms with Gasteiger partial charge in [0, 0.05) is 34.8 Å². The van der Waals surface area contributed by atoms with E-state index in [-0.39, 0.29) is 17.9 Å². The van der Waals surface area contributed by atoms with Crippen LogP contribution in [0.15, 0.2) is 69.9 Å². The van der Waals surface area contributed by atoms with Crippen molar-refractivity contribution < 1.29 is 23.4 Å². The number of anilines is 2. The summed E-state index contributed by atoms with van der Waals surface area (Å²) in [5, 5.41) is 16.6. The zero-order valence-corrected chi connectivity index (χ0v) is 17.9. The lowest BCUT2D eigenvalue weighted by molar-refractivity contribution is 0.102. The number of carbonyl (C=O) groups excluding carboxylic acids is 1. The molecule has 1 amide bonds. The second-order valence-corrected chi connectivity index (χ2v) is 7.41. The zero-order chi connectivity index (χ0) is 23.5. The number of nitrogens with one attached hydrogen (secondary N) is 2. The van der Waals surface area contributed by atoms with Crippen molar-refractivity contribution in [1.82, 2.24) is 0 Å². The summed E-state index contributed by atoms with van der Waals surface area (Å²) >= 11 is 0. The quantitative estimate of drug-likeness (QED) is 0.366. The van der Waals surface area contributed by atoms with Crippen molar-refractivity contribution in [3.05, 3.63) is 93.6 Å². The van der Waals surface area contributed by atoms with Gasteiger partial charge in [-0.3, -0.25) is 4.79 Å². The molecule has 0 radical (unpaired) electrons. The first kappa shape index (κ1) is 21.9. The highest BCUT2D eigenvalue weighted by molar-refractivity contribution is 6.05. The van der Waals surface area contributed by atoms with Gasteiger partial charge >= 0.3 is 5.63 Å². The Bertz CT molecular complexity index is 1410. The largest absolute Gasteiger partial charge is 0.508 e. The van der Waals surface area contributed by atoms with Gasteiger partial charge in [0.2, 0.25) is 0 Å². The molecule has 3 aromatic carbocycles. The minimum absolute atomic E-state index is 0.0459. The molecule has 4 rings (SSSR count). The summed E-state index contributed by atoms with van der Waals surface area (Å²) in [6.07, 6.45) is 0. The van der Waals surface area contributed by atoms with Gasteiger partial charge < -0.3 is 24.9 Å². The minimum atomic E-state index is -0.522. The van der Waals surface area contributed by atoms with Crippen molar-refractivity contribution in [3.8, 4) is 11.5 Å². The van der Waals surface area contributed by atoms with Crippen LogP contribution < -0.4 is 21.0 Å². The fraction of sp³-hybridized carbons (Fsp3) is 0.120. The fourth-order valence-electron chi connectivity index (χ4n) is 3.50. The van der Waals surface area contributed by atoms with Crippen LogP contribution in [-0.4, -0.2) is 18.1 Å². The minimum Gasteiger partial charge on any atom is -0.508 e. The van der Waals surface area contributed by atoms with E-state index in [2.05, 4.69) is 10.6 Å². The molecule has 168 valence electrons. The van der Waals surface area contributed by atoms with E-state index < -0.39 is 17.3 Å². The number of phenolic OH excluding ortho intramolecular Hbond substituents is 1. The summed E-state index contributed by atoms with van der Waals surface area (Å²) in [4.78, 5) is 24.6. The number of aryl methyl sites for hydroxylation is 1. The Morgan fingerprint density at radius 1 is 1.12 bits per heavy atom. The molecule has 0 spiro atoms. The van der Waals surface area contributed by atoms with Gasteiger partial charge in [0.15, 0.2) is 0 Å². The smallest absolute Gasteiger partial charge is 0.336 e. The van der Waals surface area contributed by atoms with Crippen LogP contribution in [0.1, 0.15) is 21.5 Å². The maximum Gasteiger partial charge on any atom is 0.336 e. The molecule has 0 aliphatic rings. The van der Waals surface area contributed by atoms with Crippen molar-refractivity contribution in [2.45, 2.75) is 13.5 Å². The normalized spacial score (nSPS) is 10.8. The van der Waals surface area contributed by atoms with Gasteiger partial charge in [-0.15, -0.1) is 0 Å². The summed E-state index contributed by atoms with van der Waals surface area (Å²) in [5.41, 5.74) is 2.21. The lowest BCUT2D eigenvalue weighted by Crippen LogP contribution is -2.13. The average molecular weight is 448 g/mol. The van der Waals surface area contributed by atoms with E-state index in [4.69, 9.17) is 9.15 Å². The molecule has 0 bridgehead atoms. The Morgan fingerprint density at radius 3 is 2.70 bits per heavy atom. The van der Waals surface area contributed by atoms with E-state index in [1.807, 2.05) is 0 Å². The van der Waals surface area contributed by atoms with Crippen LogP contribution in [0.4, 0.5) is 15.8 Å². The summed E-state index contributed by atoms with van der Waals surface area (Å²) < 4.78 is 24.1. The Hall–Kier alpha value is -4.33. The first-order valence-electron chi connectivity index (χ1n) is 10.1. The number of hydrogen-bond acceptors (Lipinski definition) is 6. The number of rotatable bonds is 6. The van der Waals surface area contributed by atoms with E-state index >= 15 is 0 Å². The Kier molecular flexibility index (Phi) is 5.99. The molecule has 0 aliphatic heterocycles. The van der Waals surface area contributed by atoms with Crippen LogP contribution in [0.5, 0.6) is 11.5 Å². The first-order valence-corrected chi connectivity index (χ1v) is 10.1. The predicted octanol–water partition coefficient (Wildman–Crippen LogP) is 4.82. The molecule has 0 atom stereocenters. The van der Waals surface area contributed by atoms with Crippen LogP contribution in [0.2, 0.25) is 0 Å². The number of benzene rings is 3. The van der Waals surface area contributed by atoms with Crippen LogP contribution in [-0.2, 0) is 6.54 Å². The second kappa shape index (κ2) is 9.04. The van der Waals surface area contributed by atoms with Crippen molar-refractivity contribution in [1.29, 1.82) is 0 Å². The molecule has 3 N–H and O–H groups in total. The van der Waals surface area contributed by atoms with E-state index in [9.17, 15) is 19.1 Å². The van der Waals surface area contributed by atoms with Crippen LogP contribution in [0.3, 0.4) is 0 Å². The van der Waals surface area contributed by atoms with Crippen molar-refractivity contribution >= 4 is 28.3 Å². The highest BCUT2D eigenvalue weighted by atomic mass is 19.1. The zero-order valence-electron chi connectivity index (χ0n) is 17.9. The van der Waals surface area contributed by atoms with Gasteiger partial charge in [-0.2, -0.15) is 0 Å². The standard InChI is InChI=1S/C25H21FN2O5/c1-14-21(29)8-7-19-16(11-23(30)33-24(14)19)13-27-18-6-9-22(32-2)20(12-18)28-25(31)15-4-3-5-17(26)10-15/h3-12,27,29H,13H2,1-2H3,(H,28,31). The molecule has 8 heteroatoms. The van der Waals surface area contributed by atoms with E-state index in [1.54, 1.807) is 37.3 Å². The number of carbonyl (C=O) groups is 1. The van der Waals surface area contributed by atoms with Gasteiger partial charge in [0.05, 0.1) is 12.8 Å². The molecule has 0 fully saturated rings. The van der Waals surface area contributed by atoms with Gasteiger partial charge in [-0.05, 0) is 61.0 Å². The van der Waals surface area contributed by atoms with Crippen molar-refractivity contribution in [2.75, 3.05) is 17.7 Å². The molecule has 0 saturated heterocycles. The molecule has 33 heavy (non-hydrogen) atoms. The van der Waals surface area contributed by atoms with Gasteiger partial charge in [-0.25, -0.2) is 9.18 Å². The average Bonchev–Trinajstić information content (AvgIpc) is 2.80. The third-order valence-electron chi connectivity index (χ3n) is 5.24. The highest BCUT2D eigenvalue weighted by Crippen LogP contribution is 2.30. The van der Waals surface area contributed by atoms with Crippen molar-refractivity contribution in [2.24, 2.45) is 0 Å². The lowest BCUT2D eigenvalue weighted by Gasteiger charge is -2.14. The van der Waals surface area contributed by atoms with E-state index in [1.165, 1.54) is 31.4 Å². The molecule has 1 heterocycles. The highest BCUT2D eigenvalue weighted by Gasteiger charge is 2.13. The molecule has 1 aromatic heterocycles. The Balaban J connectivity index is 1.59. The van der Waals surface area contributed by atoms with E-state index in [0.29, 0.717) is 39.2 Å². The van der Waals surface area contributed by atoms with Gasteiger partial charge in [0.1, 0.15) is 22.9 Å². The number of amides is 1. The summed E-state index contributed by atoms with van der Waals surface area (Å²) in [7, 11) is 1.48. The SMILES string of the molecule is COc1ccc(NCc2cc(=O)oc3c(C)c(O)ccc23)cc1NC(=O)c1cccc(F)c1. The molecule has 4 aromatic rings. The molecular weight excluding hydrogens is 427 g/mol.